The molecule has 3 rings (SSSR count). The Morgan fingerprint density at radius 2 is 2.00 bits per heavy atom. The van der Waals surface area contributed by atoms with Gasteiger partial charge in [0.05, 0.1) is 7.11 Å². The molecule has 1 saturated heterocycles. The van der Waals surface area contributed by atoms with Crippen molar-refractivity contribution in [1.29, 1.82) is 0 Å². The third-order valence-electron chi connectivity index (χ3n) is 4.75. The maximum Gasteiger partial charge on any atom is 0.226 e. The Bertz CT molecular complexity index is 440. The van der Waals surface area contributed by atoms with Crippen LogP contribution in [0.15, 0.2) is 12.3 Å². The van der Waals surface area contributed by atoms with Gasteiger partial charge in [0, 0.05) is 37.9 Å². The molecule has 0 amide bonds. The molecule has 0 unspecified atom stereocenters. The van der Waals surface area contributed by atoms with E-state index in [9.17, 15) is 0 Å². The number of hydrogen-bond donors (Lipinski definition) is 1. The molecule has 0 atom stereocenters. The van der Waals surface area contributed by atoms with Crippen LogP contribution in [0.1, 0.15) is 38.5 Å². The largest absolute Gasteiger partial charge is 0.481 e. The molecule has 2 fully saturated rings. The lowest BCUT2D eigenvalue weighted by Gasteiger charge is -2.33. The summed E-state index contributed by atoms with van der Waals surface area (Å²) in [5.74, 6) is 2.26. The molecule has 1 aliphatic heterocycles. The summed E-state index contributed by atoms with van der Waals surface area (Å²) in [6.45, 7) is 3.69. The molecular weight excluding hydrogens is 264 g/mol. The van der Waals surface area contributed by atoms with Crippen LogP contribution in [0.5, 0.6) is 5.88 Å². The molecule has 1 N–H and O–H groups in total. The van der Waals surface area contributed by atoms with Gasteiger partial charge in [0.25, 0.3) is 0 Å². The van der Waals surface area contributed by atoms with E-state index in [0.717, 1.165) is 5.92 Å². The molecule has 2 aliphatic rings. The molecular formula is C16H26N4O. The van der Waals surface area contributed by atoms with Crippen LogP contribution in [0, 0.1) is 5.92 Å². The molecule has 1 aliphatic carbocycles. The average Bonchev–Trinajstić information content (AvgIpc) is 3.02. The van der Waals surface area contributed by atoms with Gasteiger partial charge in [-0.15, -0.1) is 0 Å². The van der Waals surface area contributed by atoms with Crippen LogP contribution >= 0.6 is 0 Å². The van der Waals surface area contributed by atoms with Crippen LogP contribution in [0.4, 0.5) is 5.95 Å². The van der Waals surface area contributed by atoms with Crippen molar-refractivity contribution in [2.45, 2.75) is 44.6 Å². The van der Waals surface area contributed by atoms with E-state index in [1.54, 1.807) is 19.4 Å². The van der Waals surface area contributed by atoms with E-state index in [-0.39, 0.29) is 0 Å². The van der Waals surface area contributed by atoms with Gasteiger partial charge in [-0.05, 0) is 31.6 Å². The highest BCUT2D eigenvalue weighted by atomic mass is 16.5. The number of aromatic nitrogens is 2. The van der Waals surface area contributed by atoms with E-state index >= 15 is 0 Å². The van der Waals surface area contributed by atoms with Gasteiger partial charge < -0.3 is 15.0 Å². The molecule has 0 radical (unpaired) electrons. The van der Waals surface area contributed by atoms with Crippen LogP contribution in [-0.4, -0.2) is 47.7 Å². The summed E-state index contributed by atoms with van der Waals surface area (Å²) in [6.07, 6.45) is 9.85. The molecule has 0 aromatic carbocycles. The van der Waals surface area contributed by atoms with Gasteiger partial charge in [-0.25, -0.2) is 4.98 Å². The fourth-order valence-corrected chi connectivity index (χ4v) is 3.53. The Labute approximate surface area is 127 Å². The highest BCUT2D eigenvalue weighted by Gasteiger charge is 2.23. The minimum absolute atomic E-state index is 0.483. The molecule has 116 valence electrons. The van der Waals surface area contributed by atoms with Crippen molar-refractivity contribution in [3.63, 3.8) is 0 Å². The monoisotopic (exact) mass is 290 g/mol. The molecule has 21 heavy (non-hydrogen) atoms. The van der Waals surface area contributed by atoms with Crippen LogP contribution in [0.25, 0.3) is 0 Å². The first-order chi connectivity index (χ1) is 10.3. The van der Waals surface area contributed by atoms with Crippen molar-refractivity contribution < 1.29 is 4.74 Å². The normalized spacial score (nSPS) is 21.6. The van der Waals surface area contributed by atoms with Crippen molar-refractivity contribution in [2.24, 2.45) is 5.92 Å². The van der Waals surface area contributed by atoms with Gasteiger partial charge in [-0.2, -0.15) is 4.98 Å². The second kappa shape index (κ2) is 7.07. The lowest BCUT2D eigenvalue weighted by Crippen LogP contribution is -2.41. The molecule has 5 nitrogen and oxygen atoms in total. The topological polar surface area (TPSA) is 50.3 Å². The van der Waals surface area contributed by atoms with E-state index in [2.05, 4.69) is 20.2 Å². The van der Waals surface area contributed by atoms with Crippen LogP contribution < -0.4 is 10.1 Å². The Morgan fingerprint density at radius 1 is 1.24 bits per heavy atom. The first-order valence-corrected chi connectivity index (χ1v) is 8.19. The summed E-state index contributed by atoms with van der Waals surface area (Å²) in [5.41, 5.74) is 0. The summed E-state index contributed by atoms with van der Waals surface area (Å²) in [6, 6.07) is 2.26. The fourth-order valence-electron chi connectivity index (χ4n) is 3.53. The van der Waals surface area contributed by atoms with Crippen LogP contribution in [0.3, 0.4) is 0 Å². The van der Waals surface area contributed by atoms with Gasteiger partial charge in [0.1, 0.15) is 0 Å². The molecule has 5 heteroatoms. The standard InChI is InChI=1S/C16H26N4O/c1-21-15-6-9-17-16(19-15)18-14-7-10-20(11-8-14)12-13-4-2-3-5-13/h6,9,13-14H,2-5,7-8,10-12H2,1H3,(H,17,18,19). The maximum atomic E-state index is 5.14. The summed E-state index contributed by atoms with van der Waals surface area (Å²) in [4.78, 5) is 11.2. The number of rotatable bonds is 5. The smallest absolute Gasteiger partial charge is 0.226 e. The Morgan fingerprint density at radius 3 is 2.71 bits per heavy atom. The van der Waals surface area contributed by atoms with E-state index in [4.69, 9.17) is 4.74 Å². The number of anilines is 1. The minimum atomic E-state index is 0.483. The Balaban J connectivity index is 1.44. The summed E-state index contributed by atoms with van der Waals surface area (Å²) >= 11 is 0. The zero-order chi connectivity index (χ0) is 14.5. The van der Waals surface area contributed by atoms with E-state index in [1.165, 1.54) is 58.2 Å². The number of ether oxygens (including phenoxy) is 1. The van der Waals surface area contributed by atoms with Crippen molar-refractivity contribution in [3.8, 4) is 5.88 Å². The quantitative estimate of drug-likeness (QED) is 0.903. The summed E-state index contributed by atoms with van der Waals surface area (Å²) in [7, 11) is 1.63. The molecule has 1 aromatic heterocycles. The second-order valence-corrected chi connectivity index (χ2v) is 6.29. The number of piperidine rings is 1. The molecule has 1 aromatic rings. The van der Waals surface area contributed by atoms with Gasteiger partial charge in [0.15, 0.2) is 0 Å². The number of hydrogen-bond acceptors (Lipinski definition) is 5. The van der Waals surface area contributed by atoms with Crippen molar-refractivity contribution in [1.82, 2.24) is 14.9 Å². The number of likely N-dealkylation sites (tertiary alicyclic amines) is 1. The molecule has 0 spiro atoms. The highest BCUT2D eigenvalue weighted by molar-refractivity contribution is 5.28. The van der Waals surface area contributed by atoms with E-state index in [1.807, 2.05) is 0 Å². The second-order valence-electron chi connectivity index (χ2n) is 6.29. The van der Waals surface area contributed by atoms with Gasteiger partial charge >= 0.3 is 0 Å². The van der Waals surface area contributed by atoms with Gasteiger partial charge in [0.2, 0.25) is 11.8 Å². The summed E-state index contributed by atoms with van der Waals surface area (Å²) in [5, 5.41) is 3.44. The minimum Gasteiger partial charge on any atom is -0.481 e. The fraction of sp³-hybridized carbons (Fsp3) is 0.750. The third kappa shape index (κ3) is 4.06. The zero-order valence-electron chi connectivity index (χ0n) is 12.9. The van der Waals surface area contributed by atoms with Gasteiger partial charge in [-0.1, -0.05) is 12.8 Å². The number of nitrogens with one attached hydrogen (secondary N) is 1. The third-order valence-corrected chi connectivity index (χ3v) is 4.75. The predicted molar refractivity (Wildman–Crippen MR) is 83.6 cm³/mol. The average molecular weight is 290 g/mol. The lowest BCUT2D eigenvalue weighted by atomic mass is 10.0. The maximum absolute atomic E-state index is 5.14. The first-order valence-electron chi connectivity index (χ1n) is 8.19. The lowest BCUT2D eigenvalue weighted by molar-refractivity contribution is 0.189. The molecule has 2 heterocycles. The summed E-state index contributed by atoms with van der Waals surface area (Å²) < 4.78 is 5.14. The zero-order valence-corrected chi connectivity index (χ0v) is 12.9. The Kier molecular flexibility index (Phi) is 4.91. The number of methoxy groups -OCH3 is 1. The van der Waals surface area contributed by atoms with Crippen molar-refractivity contribution in [3.05, 3.63) is 12.3 Å². The van der Waals surface area contributed by atoms with Crippen molar-refractivity contribution in [2.75, 3.05) is 32.1 Å². The van der Waals surface area contributed by atoms with Gasteiger partial charge in [-0.3, -0.25) is 0 Å². The predicted octanol–water partition coefficient (Wildman–Crippen LogP) is 2.55. The van der Waals surface area contributed by atoms with Crippen LogP contribution in [-0.2, 0) is 0 Å². The van der Waals surface area contributed by atoms with E-state index in [0.29, 0.717) is 17.9 Å². The first kappa shape index (κ1) is 14.6. The number of nitrogens with zero attached hydrogens (tertiary/aromatic N) is 3. The van der Waals surface area contributed by atoms with E-state index < -0.39 is 0 Å². The van der Waals surface area contributed by atoms with Crippen LogP contribution in [0.2, 0.25) is 0 Å². The highest BCUT2D eigenvalue weighted by Crippen LogP contribution is 2.26. The molecule has 0 bridgehead atoms. The SMILES string of the molecule is COc1ccnc(NC2CCN(CC3CCCC3)CC2)n1. The molecule has 1 saturated carbocycles. The Hall–Kier alpha value is -1.36. The van der Waals surface area contributed by atoms with Crippen molar-refractivity contribution >= 4 is 5.95 Å².